The first kappa shape index (κ1) is 26.1. The third-order valence-corrected chi connectivity index (χ3v) is 6.92. The minimum atomic E-state index is -4.11. The fourth-order valence-corrected chi connectivity index (χ4v) is 4.92. The molecule has 1 saturated carbocycles. The topological polar surface area (TPSA) is 156 Å². The third kappa shape index (κ3) is 7.02. The van der Waals surface area contributed by atoms with E-state index >= 15 is 0 Å². The van der Waals surface area contributed by atoms with Crippen LogP contribution >= 0.6 is 19.2 Å². The van der Waals surface area contributed by atoms with E-state index < -0.39 is 26.9 Å². The number of nitrogens with one attached hydrogen (secondary N) is 1. The molecule has 1 aliphatic heterocycles. The van der Waals surface area contributed by atoms with Crippen molar-refractivity contribution in [3.05, 3.63) is 11.6 Å². The summed E-state index contributed by atoms with van der Waals surface area (Å²) in [4.78, 5) is 34.1. The van der Waals surface area contributed by atoms with Crippen molar-refractivity contribution in [2.75, 3.05) is 31.7 Å². The first-order valence-corrected chi connectivity index (χ1v) is 13.6. The fraction of sp³-hybridized carbons (Fsp3) is 0.700. The summed E-state index contributed by atoms with van der Waals surface area (Å²) in [5.41, 5.74) is 1.21. The molecule has 0 amide bonds. The van der Waals surface area contributed by atoms with Crippen LogP contribution < -0.4 is 5.32 Å². The lowest BCUT2D eigenvalue weighted by Crippen LogP contribution is -2.18. The molecule has 2 N–H and O–H groups in total. The Kier molecular flexibility index (Phi) is 8.79. The van der Waals surface area contributed by atoms with Crippen molar-refractivity contribution in [1.29, 1.82) is 0 Å². The van der Waals surface area contributed by atoms with E-state index in [0.717, 1.165) is 12.8 Å². The predicted molar refractivity (Wildman–Crippen MR) is 124 cm³/mol. The van der Waals surface area contributed by atoms with Crippen LogP contribution in [0.5, 0.6) is 0 Å². The van der Waals surface area contributed by atoms with E-state index in [1.165, 1.54) is 12.8 Å². The lowest BCUT2D eigenvalue weighted by atomic mass is 10.2. The summed E-state index contributed by atoms with van der Waals surface area (Å²) < 4.78 is 38.9. The van der Waals surface area contributed by atoms with E-state index in [1.807, 2.05) is 4.57 Å². The number of fused-ring (bicyclic) bond motifs is 1. The average Bonchev–Trinajstić information content (AvgIpc) is 3.54. The Balaban J connectivity index is 1.28. The molecule has 3 heterocycles. The number of rotatable bonds is 11. The highest BCUT2D eigenvalue weighted by atomic mass is 35.5. The van der Waals surface area contributed by atoms with Crippen molar-refractivity contribution in [2.24, 2.45) is 0 Å². The van der Waals surface area contributed by atoms with E-state index in [1.54, 1.807) is 13.3 Å². The number of anilines is 1. The van der Waals surface area contributed by atoms with Crippen molar-refractivity contribution < 1.29 is 37.7 Å². The maximum atomic E-state index is 12.0. The van der Waals surface area contributed by atoms with Gasteiger partial charge in [0.1, 0.15) is 12.6 Å². The fourth-order valence-electron chi connectivity index (χ4n) is 4.13. The molecule has 1 saturated heterocycles. The van der Waals surface area contributed by atoms with Crippen molar-refractivity contribution in [2.45, 2.75) is 63.8 Å². The second-order valence-electron chi connectivity index (χ2n) is 8.29. The Hall–Kier alpha value is -2.02. The van der Waals surface area contributed by atoms with Crippen LogP contribution in [0, 0.1) is 0 Å². The third-order valence-electron chi connectivity index (χ3n) is 5.74. The highest BCUT2D eigenvalue weighted by Crippen LogP contribution is 2.42. The summed E-state index contributed by atoms with van der Waals surface area (Å²) in [6.07, 6.45) is 5.34. The number of hydrogen-bond donors (Lipinski definition) is 2. The first-order chi connectivity index (χ1) is 16.8. The maximum absolute atomic E-state index is 12.0. The van der Waals surface area contributed by atoms with Gasteiger partial charge in [0.15, 0.2) is 17.0 Å². The Bertz CT molecular complexity index is 1070. The molecular formula is C20H29ClN5O8P. The van der Waals surface area contributed by atoms with Crippen molar-refractivity contribution in [1.82, 2.24) is 19.5 Å². The van der Waals surface area contributed by atoms with E-state index in [0.29, 0.717) is 35.9 Å². The second kappa shape index (κ2) is 11.8. The highest BCUT2D eigenvalue weighted by molar-refractivity contribution is 7.52. The van der Waals surface area contributed by atoms with Crippen LogP contribution in [0.1, 0.15) is 51.7 Å². The van der Waals surface area contributed by atoms with Gasteiger partial charge in [-0.25, -0.2) is 9.78 Å². The molecule has 194 valence electrons. The number of ether oxygens (including phenoxy) is 4. The minimum Gasteiger partial charge on any atom is -0.435 e. The molecule has 3 atom stereocenters. The lowest BCUT2D eigenvalue weighted by molar-refractivity contribution is -0.0370. The number of halogens is 1. The molecule has 1 aliphatic carbocycles. The van der Waals surface area contributed by atoms with Gasteiger partial charge in [-0.1, -0.05) is 12.8 Å². The average molecular weight is 534 g/mol. The Morgan fingerprint density at radius 2 is 2.09 bits per heavy atom. The van der Waals surface area contributed by atoms with E-state index in [4.69, 9.17) is 21.1 Å². The summed E-state index contributed by atoms with van der Waals surface area (Å²) in [5.74, 6) is 0.620. The van der Waals surface area contributed by atoms with Gasteiger partial charge in [-0.05, 0) is 44.2 Å². The molecule has 0 aromatic carbocycles. The Morgan fingerprint density at radius 3 is 2.86 bits per heavy atom. The smallest absolute Gasteiger partial charge is 0.435 e. The quantitative estimate of drug-likeness (QED) is 0.186. The van der Waals surface area contributed by atoms with Crippen LogP contribution in [0.3, 0.4) is 0 Å². The molecule has 2 fully saturated rings. The Morgan fingerprint density at radius 1 is 1.29 bits per heavy atom. The molecule has 13 nitrogen and oxygen atoms in total. The zero-order chi connectivity index (χ0) is 24.8. The molecule has 4 rings (SSSR count). The Labute approximate surface area is 206 Å². The molecule has 15 heteroatoms. The summed E-state index contributed by atoms with van der Waals surface area (Å²) >= 11 is 6.19. The van der Waals surface area contributed by atoms with Gasteiger partial charge in [0.2, 0.25) is 12.1 Å². The van der Waals surface area contributed by atoms with Gasteiger partial charge in [-0.3, -0.25) is 13.7 Å². The van der Waals surface area contributed by atoms with Gasteiger partial charge < -0.3 is 29.2 Å². The number of hydrogen-bond acceptors (Lipinski definition) is 11. The van der Waals surface area contributed by atoms with Gasteiger partial charge in [-0.2, -0.15) is 9.97 Å². The monoisotopic (exact) mass is 533 g/mol. The standard InChI is InChI=1S/C20H29ClN5O8P/c1-2-31-20(27)32-11-33-35(28,29)12-30-9-14-7-8-15(34-14)26-10-22-16-17(23-13-5-3-4-6-13)24-19(21)25-18(16)26/h10,13-15H,2-9,11-12H2,1H3,(H,28,29)(H,23,24,25)/t14-,15?/m0/s1. The molecule has 2 unspecified atom stereocenters. The maximum Gasteiger partial charge on any atom is 0.510 e. The zero-order valence-corrected chi connectivity index (χ0v) is 20.9. The summed E-state index contributed by atoms with van der Waals surface area (Å²) in [7, 11) is -4.11. The number of imidazole rings is 1. The molecule has 2 aromatic heterocycles. The number of carbonyl (C=O) groups is 1. The van der Waals surface area contributed by atoms with Crippen molar-refractivity contribution in [3.8, 4) is 0 Å². The van der Waals surface area contributed by atoms with Crippen LogP contribution in [0.25, 0.3) is 11.2 Å². The van der Waals surface area contributed by atoms with Gasteiger partial charge in [0.05, 0.1) is 25.6 Å². The van der Waals surface area contributed by atoms with Crippen LogP contribution in [-0.4, -0.2) is 69.1 Å². The van der Waals surface area contributed by atoms with E-state index in [-0.39, 0.29) is 30.8 Å². The molecule has 0 bridgehead atoms. The largest absolute Gasteiger partial charge is 0.510 e. The summed E-state index contributed by atoms with van der Waals surface area (Å²) in [6, 6.07) is 0.349. The van der Waals surface area contributed by atoms with E-state index in [2.05, 4.69) is 34.3 Å². The highest BCUT2D eigenvalue weighted by Gasteiger charge is 2.30. The molecule has 2 aromatic rings. The summed E-state index contributed by atoms with van der Waals surface area (Å²) in [5, 5.41) is 3.57. The molecule has 0 radical (unpaired) electrons. The lowest BCUT2D eigenvalue weighted by Gasteiger charge is -2.17. The van der Waals surface area contributed by atoms with Gasteiger partial charge in [0, 0.05) is 6.04 Å². The molecular weight excluding hydrogens is 505 g/mol. The molecule has 2 aliphatic rings. The van der Waals surface area contributed by atoms with Gasteiger partial charge in [0.25, 0.3) is 0 Å². The second-order valence-corrected chi connectivity index (χ2v) is 10.4. The zero-order valence-electron chi connectivity index (χ0n) is 19.3. The number of nitrogens with zero attached hydrogens (tertiary/aromatic N) is 4. The van der Waals surface area contributed by atoms with Crippen LogP contribution in [-0.2, 0) is 28.0 Å². The normalized spacial score (nSPS) is 22.4. The minimum absolute atomic E-state index is 0.0833. The number of carbonyl (C=O) groups excluding carboxylic acids is 1. The first-order valence-electron chi connectivity index (χ1n) is 11.5. The van der Waals surface area contributed by atoms with Gasteiger partial charge >= 0.3 is 13.8 Å². The van der Waals surface area contributed by atoms with Crippen molar-refractivity contribution in [3.63, 3.8) is 0 Å². The van der Waals surface area contributed by atoms with E-state index in [9.17, 15) is 14.3 Å². The van der Waals surface area contributed by atoms with Crippen molar-refractivity contribution >= 4 is 42.3 Å². The van der Waals surface area contributed by atoms with Crippen LogP contribution in [0.4, 0.5) is 10.6 Å². The summed E-state index contributed by atoms with van der Waals surface area (Å²) in [6.45, 7) is 1.09. The molecule has 0 spiro atoms. The SMILES string of the molecule is CCOC(=O)OCOP(=O)(O)COC[C@@H]1CCC(n2cnc3c(NC4CCCC4)nc(Cl)nc32)O1. The predicted octanol–water partition coefficient (Wildman–Crippen LogP) is 3.82. The number of aromatic nitrogens is 4. The van der Waals surface area contributed by atoms with Crippen LogP contribution in [0.15, 0.2) is 6.33 Å². The van der Waals surface area contributed by atoms with Gasteiger partial charge in [-0.15, -0.1) is 0 Å². The molecule has 35 heavy (non-hydrogen) atoms. The van der Waals surface area contributed by atoms with Crippen LogP contribution in [0.2, 0.25) is 5.28 Å².